The summed E-state index contributed by atoms with van der Waals surface area (Å²) in [7, 11) is 0. The van der Waals surface area contributed by atoms with Crippen LogP contribution in [-0.2, 0) is 14.3 Å². The fourth-order valence-electron chi connectivity index (χ4n) is 2.45. The highest BCUT2D eigenvalue weighted by molar-refractivity contribution is 5.79. The maximum atomic E-state index is 12.2. The van der Waals surface area contributed by atoms with Crippen LogP contribution in [0.2, 0.25) is 0 Å². The van der Waals surface area contributed by atoms with E-state index in [1.165, 1.54) is 6.92 Å². The molecule has 0 aliphatic carbocycles. The molecule has 22 heavy (non-hydrogen) atoms. The number of ether oxygens (including phenoxy) is 1. The van der Waals surface area contributed by atoms with Crippen molar-refractivity contribution in [2.75, 3.05) is 6.61 Å². The second kappa shape index (κ2) is 8.01. The van der Waals surface area contributed by atoms with Gasteiger partial charge < -0.3 is 25.4 Å². The molecule has 7 heteroatoms. The van der Waals surface area contributed by atoms with Gasteiger partial charge in [-0.15, -0.1) is 0 Å². The Morgan fingerprint density at radius 2 is 1.86 bits per heavy atom. The van der Waals surface area contributed by atoms with Gasteiger partial charge in [-0.2, -0.15) is 0 Å². The van der Waals surface area contributed by atoms with Gasteiger partial charge in [0, 0.05) is 12.3 Å². The minimum atomic E-state index is -1.27. The van der Waals surface area contributed by atoms with Crippen LogP contribution in [0.1, 0.15) is 34.1 Å². The zero-order valence-corrected chi connectivity index (χ0v) is 13.5. The number of aliphatic hydroxyl groups excluding tert-OH is 3. The first-order chi connectivity index (χ1) is 10.2. The van der Waals surface area contributed by atoms with Crippen LogP contribution in [0.15, 0.2) is 0 Å². The summed E-state index contributed by atoms with van der Waals surface area (Å²) in [4.78, 5) is 23.5. The molecular weight excluding hydrogens is 290 g/mol. The minimum absolute atomic E-state index is 0.0206. The van der Waals surface area contributed by atoms with Crippen LogP contribution in [0.4, 0.5) is 0 Å². The second-order valence-electron chi connectivity index (χ2n) is 6.35. The van der Waals surface area contributed by atoms with Crippen molar-refractivity contribution in [3.63, 3.8) is 0 Å². The molecule has 0 aromatic carbocycles. The molecule has 1 aliphatic rings. The summed E-state index contributed by atoms with van der Waals surface area (Å²) in [6, 6.07) is -0.788. The molecule has 128 valence electrons. The fraction of sp³-hybridized carbons (Fsp3) is 0.867. The predicted molar refractivity (Wildman–Crippen MR) is 79.0 cm³/mol. The Labute approximate surface area is 130 Å². The summed E-state index contributed by atoms with van der Waals surface area (Å²) >= 11 is 0. The van der Waals surface area contributed by atoms with Gasteiger partial charge >= 0.3 is 0 Å². The Balaban J connectivity index is 2.86. The normalized spacial score (nSPS) is 31.1. The molecule has 0 aromatic heterocycles. The molecule has 1 amide bonds. The number of rotatable bonds is 7. The van der Waals surface area contributed by atoms with Crippen molar-refractivity contribution >= 4 is 11.7 Å². The van der Waals surface area contributed by atoms with E-state index >= 15 is 0 Å². The molecule has 1 heterocycles. The van der Waals surface area contributed by atoms with E-state index in [4.69, 9.17) is 9.84 Å². The zero-order chi connectivity index (χ0) is 17.0. The highest BCUT2D eigenvalue weighted by Gasteiger charge is 2.47. The summed E-state index contributed by atoms with van der Waals surface area (Å²) in [5, 5.41) is 31.7. The van der Waals surface area contributed by atoms with Gasteiger partial charge in [-0.1, -0.05) is 20.8 Å². The first kappa shape index (κ1) is 19.0. The Bertz CT molecular complexity index is 399. The number of nitrogens with one attached hydrogen (secondary N) is 1. The molecule has 4 N–H and O–H groups in total. The van der Waals surface area contributed by atoms with Crippen LogP contribution < -0.4 is 5.32 Å². The van der Waals surface area contributed by atoms with Crippen LogP contribution in [0.25, 0.3) is 0 Å². The van der Waals surface area contributed by atoms with Gasteiger partial charge in [0.25, 0.3) is 0 Å². The lowest BCUT2D eigenvalue weighted by Crippen LogP contribution is -2.51. The minimum Gasteiger partial charge on any atom is -0.394 e. The SMILES string of the molecule is CC(=O)C[C@@H]1O[C@H]([C@H](O)CO)[C@H](O)[C@H]1NC(=O)C(C)C(C)C. The Morgan fingerprint density at radius 3 is 2.32 bits per heavy atom. The largest absolute Gasteiger partial charge is 0.394 e. The van der Waals surface area contributed by atoms with Crippen LogP contribution >= 0.6 is 0 Å². The molecular formula is C15H27NO6. The van der Waals surface area contributed by atoms with Crippen molar-refractivity contribution in [2.45, 2.75) is 64.6 Å². The summed E-state index contributed by atoms with van der Waals surface area (Å²) in [6.07, 6.45) is -4.19. The first-order valence-corrected chi connectivity index (χ1v) is 7.61. The molecule has 1 fully saturated rings. The van der Waals surface area contributed by atoms with Crippen molar-refractivity contribution in [3.05, 3.63) is 0 Å². The number of amides is 1. The van der Waals surface area contributed by atoms with Crippen LogP contribution in [0.5, 0.6) is 0 Å². The van der Waals surface area contributed by atoms with E-state index in [0.29, 0.717) is 0 Å². The van der Waals surface area contributed by atoms with E-state index in [9.17, 15) is 19.8 Å². The van der Waals surface area contributed by atoms with Gasteiger partial charge in [0.1, 0.15) is 24.1 Å². The smallest absolute Gasteiger partial charge is 0.223 e. The standard InChI is InChI=1S/C15H27NO6/c1-7(2)9(4)15(21)16-12-11(5-8(3)18)22-14(13(12)20)10(19)6-17/h7,9-14,17,19-20H,5-6H2,1-4H3,(H,16,21)/t9?,10-,11+,12+,13-,14-/m1/s1. The molecule has 1 saturated heterocycles. The van der Waals surface area contributed by atoms with Crippen molar-refractivity contribution in [1.29, 1.82) is 0 Å². The first-order valence-electron chi connectivity index (χ1n) is 7.61. The van der Waals surface area contributed by atoms with Crippen LogP contribution in [0, 0.1) is 11.8 Å². The molecule has 0 spiro atoms. The summed E-state index contributed by atoms with van der Waals surface area (Å²) < 4.78 is 5.50. The highest BCUT2D eigenvalue weighted by Crippen LogP contribution is 2.27. The zero-order valence-electron chi connectivity index (χ0n) is 13.5. The topological polar surface area (TPSA) is 116 Å². The molecule has 1 aliphatic heterocycles. The van der Waals surface area contributed by atoms with Gasteiger partial charge in [-0.3, -0.25) is 9.59 Å². The fourth-order valence-corrected chi connectivity index (χ4v) is 2.45. The summed E-state index contributed by atoms with van der Waals surface area (Å²) in [6.45, 7) is 6.43. The number of aliphatic hydroxyl groups is 3. The van der Waals surface area contributed by atoms with Gasteiger partial charge in [0.15, 0.2) is 0 Å². The van der Waals surface area contributed by atoms with E-state index in [-0.39, 0.29) is 29.9 Å². The van der Waals surface area contributed by atoms with E-state index in [0.717, 1.165) is 0 Å². The van der Waals surface area contributed by atoms with E-state index in [1.807, 2.05) is 13.8 Å². The summed E-state index contributed by atoms with van der Waals surface area (Å²) in [5.41, 5.74) is 0. The summed E-state index contributed by atoms with van der Waals surface area (Å²) in [5.74, 6) is -0.514. The average Bonchev–Trinajstić information content (AvgIpc) is 2.73. The number of Topliss-reactive ketones (excluding diaryl/α,β-unsaturated/α-hetero) is 1. The number of ketones is 1. The molecule has 7 nitrogen and oxygen atoms in total. The quantitative estimate of drug-likeness (QED) is 0.490. The molecule has 1 rings (SSSR count). The van der Waals surface area contributed by atoms with E-state index in [1.54, 1.807) is 6.92 Å². The van der Waals surface area contributed by atoms with Crippen molar-refractivity contribution in [3.8, 4) is 0 Å². The number of hydrogen-bond acceptors (Lipinski definition) is 6. The van der Waals surface area contributed by atoms with Gasteiger partial charge in [-0.05, 0) is 12.8 Å². The number of hydrogen-bond donors (Lipinski definition) is 4. The monoisotopic (exact) mass is 317 g/mol. The lowest BCUT2D eigenvalue weighted by atomic mass is 9.94. The molecule has 0 saturated carbocycles. The maximum absolute atomic E-state index is 12.2. The maximum Gasteiger partial charge on any atom is 0.223 e. The third-order valence-corrected chi connectivity index (χ3v) is 4.21. The molecule has 0 radical (unpaired) electrons. The lowest BCUT2D eigenvalue weighted by molar-refractivity contribution is -0.128. The third-order valence-electron chi connectivity index (χ3n) is 4.21. The third kappa shape index (κ3) is 4.49. The van der Waals surface area contributed by atoms with E-state index in [2.05, 4.69) is 5.32 Å². The van der Waals surface area contributed by atoms with Crippen LogP contribution in [-0.4, -0.2) is 64.1 Å². The Hall–Kier alpha value is -1.02. The van der Waals surface area contributed by atoms with Gasteiger partial charge in [0.05, 0.1) is 18.8 Å². The highest BCUT2D eigenvalue weighted by atomic mass is 16.5. The lowest BCUT2D eigenvalue weighted by Gasteiger charge is -2.25. The van der Waals surface area contributed by atoms with Crippen LogP contribution in [0.3, 0.4) is 0 Å². The molecule has 1 unspecified atom stereocenters. The Kier molecular flexibility index (Phi) is 6.93. The Morgan fingerprint density at radius 1 is 1.27 bits per heavy atom. The molecule has 6 atom stereocenters. The second-order valence-corrected chi connectivity index (χ2v) is 6.35. The molecule has 0 aromatic rings. The van der Waals surface area contributed by atoms with Crippen molar-refractivity contribution in [2.24, 2.45) is 11.8 Å². The predicted octanol–water partition coefficient (Wildman–Crippen LogP) is -0.776. The van der Waals surface area contributed by atoms with Crippen molar-refractivity contribution in [1.82, 2.24) is 5.32 Å². The number of carbonyl (C=O) groups is 2. The van der Waals surface area contributed by atoms with E-state index < -0.39 is 37.1 Å². The molecule has 0 bridgehead atoms. The van der Waals surface area contributed by atoms with Gasteiger partial charge in [0.2, 0.25) is 5.91 Å². The number of carbonyl (C=O) groups excluding carboxylic acids is 2. The van der Waals surface area contributed by atoms with Gasteiger partial charge in [-0.25, -0.2) is 0 Å². The van der Waals surface area contributed by atoms with Crippen molar-refractivity contribution < 1.29 is 29.6 Å². The average molecular weight is 317 g/mol.